The van der Waals surface area contributed by atoms with Crippen LogP contribution < -0.4 is 5.69 Å². The SMILES string of the molecule is O=C(OCCCn1nc2ccccn2c1=O)c1cc(Br)ccc1F. The predicted molar refractivity (Wildman–Crippen MR) is 88.5 cm³/mol. The van der Waals surface area contributed by atoms with Crippen molar-refractivity contribution in [3.63, 3.8) is 0 Å². The van der Waals surface area contributed by atoms with E-state index in [1.165, 1.54) is 27.3 Å². The van der Waals surface area contributed by atoms with Crippen molar-refractivity contribution in [3.8, 4) is 0 Å². The number of aryl methyl sites for hydroxylation is 1. The largest absolute Gasteiger partial charge is 0.462 e. The monoisotopic (exact) mass is 393 g/mol. The maximum absolute atomic E-state index is 13.6. The lowest BCUT2D eigenvalue weighted by molar-refractivity contribution is 0.0489. The third-order valence-corrected chi connectivity index (χ3v) is 3.88. The van der Waals surface area contributed by atoms with Gasteiger partial charge in [0.05, 0.1) is 12.2 Å². The van der Waals surface area contributed by atoms with Crippen molar-refractivity contribution >= 4 is 27.5 Å². The number of aromatic nitrogens is 3. The molecule has 0 spiro atoms. The maximum atomic E-state index is 13.6. The van der Waals surface area contributed by atoms with Crippen molar-refractivity contribution in [1.82, 2.24) is 14.2 Å². The first-order chi connectivity index (χ1) is 11.6. The fourth-order valence-electron chi connectivity index (χ4n) is 2.22. The molecule has 0 atom stereocenters. The Morgan fingerprint density at radius 2 is 2.12 bits per heavy atom. The van der Waals surface area contributed by atoms with Crippen LogP contribution in [0.15, 0.2) is 51.9 Å². The minimum absolute atomic E-state index is 0.0606. The van der Waals surface area contributed by atoms with Gasteiger partial charge in [-0.05, 0) is 30.3 Å². The van der Waals surface area contributed by atoms with E-state index >= 15 is 0 Å². The van der Waals surface area contributed by atoms with Gasteiger partial charge in [0.2, 0.25) is 0 Å². The van der Waals surface area contributed by atoms with Crippen LogP contribution in [0.1, 0.15) is 16.8 Å². The van der Waals surface area contributed by atoms with Crippen molar-refractivity contribution in [1.29, 1.82) is 0 Å². The molecule has 0 radical (unpaired) electrons. The Balaban J connectivity index is 1.58. The molecule has 0 aliphatic carbocycles. The van der Waals surface area contributed by atoms with Gasteiger partial charge in [0.1, 0.15) is 5.82 Å². The summed E-state index contributed by atoms with van der Waals surface area (Å²) in [5.41, 5.74) is 0.167. The fourth-order valence-corrected chi connectivity index (χ4v) is 2.59. The molecule has 3 rings (SSSR count). The Hall–Kier alpha value is -2.48. The van der Waals surface area contributed by atoms with Gasteiger partial charge in [0, 0.05) is 23.6 Å². The van der Waals surface area contributed by atoms with E-state index in [-0.39, 0.29) is 17.9 Å². The van der Waals surface area contributed by atoms with Gasteiger partial charge in [-0.15, -0.1) is 5.10 Å². The van der Waals surface area contributed by atoms with Gasteiger partial charge in [-0.3, -0.25) is 4.40 Å². The number of carbonyl (C=O) groups is 1. The molecule has 0 saturated carbocycles. The van der Waals surface area contributed by atoms with Crippen molar-refractivity contribution < 1.29 is 13.9 Å². The number of fused-ring (bicyclic) bond motifs is 1. The van der Waals surface area contributed by atoms with E-state index in [1.54, 1.807) is 24.4 Å². The predicted octanol–water partition coefficient (Wildman–Crippen LogP) is 2.64. The Morgan fingerprint density at radius 3 is 2.92 bits per heavy atom. The van der Waals surface area contributed by atoms with Crippen LogP contribution in [-0.4, -0.2) is 26.8 Å². The average Bonchev–Trinajstić information content (AvgIpc) is 2.90. The lowest BCUT2D eigenvalue weighted by Gasteiger charge is -2.06. The minimum Gasteiger partial charge on any atom is -0.462 e. The molecule has 3 aromatic rings. The van der Waals surface area contributed by atoms with Crippen molar-refractivity contribution in [2.45, 2.75) is 13.0 Å². The Kier molecular flexibility index (Phi) is 4.75. The van der Waals surface area contributed by atoms with Crippen LogP contribution in [0.2, 0.25) is 0 Å². The van der Waals surface area contributed by atoms with Gasteiger partial charge in [0.25, 0.3) is 0 Å². The molecule has 0 aliphatic rings. The maximum Gasteiger partial charge on any atom is 0.350 e. The number of halogens is 2. The van der Waals surface area contributed by atoms with E-state index < -0.39 is 11.8 Å². The fraction of sp³-hybridized carbons (Fsp3) is 0.188. The number of rotatable bonds is 5. The third kappa shape index (κ3) is 3.38. The zero-order chi connectivity index (χ0) is 17.1. The molecule has 8 heteroatoms. The Labute approximate surface area is 144 Å². The highest BCUT2D eigenvalue weighted by Crippen LogP contribution is 2.16. The van der Waals surface area contributed by atoms with Crippen LogP contribution in [0.5, 0.6) is 0 Å². The molecule has 6 nitrogen and oxygen atoms in total. The zero-order valence-electron chi connectivity index (χ0n) is 12.5. The molecule has 2 heterocycles. The molecule has 2 aromatic heterocycles. The highest BCUT2D eigenvalue weighted by Gasteiger charge is 2.13. The van der Waals surface area contributed by atoms with E-state index in [2.05, 4.69) is 21.0 Å². The number of carbonyl (C=O) groups excluding carboxylic acids is 1. The summed E-state index contributed by atoms with van der Waals surface area (Å²) in [4.78, 5) is 23.9. The van der Waals surface area contributed by atoms with Crippen LogP contribution in [0.3, 0.4) is 0 Å². The van der Waals surface area contributed by atoms with Crippen LogP contribution in [0.4, 0.5) is 4.39 Å². The molecular formula is C16H13BrFN3O3. The summed E-state index contributed by atoms with van der Waals surface area (Å²) in [6.07, 6.45) is 2.03. The molecule has 0 aliphatic heterocycles. The van der Waals surface area contributed by atoms with Gasteiger partial charge in [-0.1, -0.05) is 22.0 Å². The summed E-state index contributed by atoms with van der Waals surface area (Å²) in [5, 5.41) is 4.17. The summed E-state index contributed by atoms with van der Waals surface area (Å²) in [6.45, 7) is 0.361. The molecule has 0 amide bonds. The molecular weight excluding hydrogens is 381 g/mol. The summed E-state index contributed by atoms with van der Waals surface area (Å²) in [7, 11) is 0. The average molecular weight is 394 g/mol. The summed E-state index contributed by atoms with van der Waals surface area (Å²) < 4.78 is 22.0. The molecule has 0 saturated heterocycles. The first-order valence-electron chi connectivity index (χ1n) is 7.22. The van der Waals surface area contributed by atoms with Crippen molar-refractivity contribution in [2.75, 3.05) is 6.61 Å². The Bertz CT molecular complexity index is 951. The molecule has 0 N–H and O–H groups in total. The summed E-state index contributed by atoms with van der Waals surface area (Å²) >= 11 is 3.18. The van der Waals surface area contributed by atoms with Crippen LogP contribution in [0.25, 0.3) is 5.65 Å². The molecule has 1 aromatic carbocycles. The molecule has 0 bridgehead atoms. The van der Waals surface area contributed by atoms with Crippen LogP contribution >= 0.6 is 15.9 Å². The van der Waals surface area contributed by atoms with E-state index in [4.69, 9.17) is 4.74 Å². The van der Waals surface area contributed by atoms with Crippen LogP contribution in [0, 0.1) is 5.82 Å². The van der Waals surface area contributed by atoms with Gasteiger partial charge in [-0.25, -0.2) is 18.7 Å². The number of pyridine rings is 1. The number of benzene rings is 1. The molecule has 0 unspecified atom stereocenters. The van der Waals surface area contributed by atoms with E-state index in [0.29, 0.717) is 23.1 Å². The topological polar surface area (TPSA) is 65.6 Å². The lowest BCUT2D eigenvalue weighted by atomic mass is 10.2. The number of nitrogens with zero attached hydrogens (tertiary/aromatic N) is 3. The normalized spacial score (nSPS) is 10.9. The van der Waals surface area contributed by atoms with E-state index in [9.17, 15) is 14.0 Å². The number of ether oxygens (including phenoxy) is 1. The van der Waals surface area contributed by atoms with Crippen molar-refractivity contribution in [3.05, 3.63) is 68.9 Å². The third-order valence-electron chi connectivity index (χ3n) is 3.38. The quantitative estimate of drug-likeness (QED) is 0.493. The van der Waals surface area contributed by atoms with Gasteiger partial charge >= 0.3 is 11.7 Å². The number of hydrogen-bond acceptors (Lipinski definition) is 4. The van der Waals surface area contributed by atoms with Crippen molar-refractivity contribution in [2.24, 2.45) is 0 Å². The smallest absolute Gasteiger partial charge is 0.350 e. The first-order valence-corrected chi connectivity index (χ1v) is 8.02. The zero-order valence-corrected chi connectivity index (χ0v) is 14.1. The number of esters is 1. The highest BCUT2D eigenvalue weighted by molar-refractivity contribution is 9.10. The second kappa shape index (κ2) is 6.96. The number of hydrogen-bond donors (Lipinski definition) is 0. The summed E-state index contributed by atoms with van der Waals surface area (Å²) in [5.74, 6) is -1.38. The Morgan fingerprint density at radius 1 is 1.29 bits per heavy atom. The van der Waals surface area contributed by atoms with Gasteiger partial charge < -0.3 is 4.74 Å². The highest BCUT2D eigenvalue weighted by atomic mass is 79.9. The van der Waals surface area contributed by atoms with E-state index in [0.717, 1.165) is 0 Å². The van der Waals surface area contributed by atoms with E-state index in [1.807, 2.05) is 0 Å². The minimum atomic E-state index is -0.740. The first kappa shape index (κ1) is 16.4. The molecule has 0 fully saturated rings. The second-order valence-corrected chi connectivity index (χ2v) is 5.96. The van der Waals surface area contributed by atoms with Gasteiger partial charge in [0.15, 0.2) is 5.65 Å². The van der Waals surface area contributed by atoms with Gasteiger partial charge in [-0.2, -0.15) is 0 Å². The van der Waals surface area contributed by atoms with Crippen LogP contribution in [-0.2, 0) is 11.3 Å². The summed E-state index contributed by atoms with van der Waals surface area (Å²) in [6, 6.07) is 9.33. The molecule has 24 heavy (non-hydrogen) atoms. The second-order valence-electron chi connectivity index (χ2n) is 5.05. The standard InChI is InChI=1S/C16H13BrFN3O3/c17-11-5-6-13(18)12(10-11)15(22)24-9-3-8-21-16(23)20-7-2-1-4-14(20)19-21/h1-2,4-7,10H,3,8-9H2. The molecule has 124 valence electrons. The lowest BCUT2D eigenvalue weighted by Crippen LogP contribution is -2.22.